The van der Waals surface area contributed by atoms with Gasteiger partial charge < -0.3 is 5.73 Å². The van der Waals surface area contributed by atoms with Gasteiger partial charge in [-0.15, -0.1) is 0 Å². The van der Waals surface area contributed by atoms with Crippen molar-refractivity contribution in [1.29, 1.82) is 0 Å². The summed E-state index contributed by atoms with van der Waals surface area (Å²) in [6, 6.07) is 1.63. The summed E-state index contributed by atoms with van der Waals surface area (Å²) in [5.74, 6) is 0.780. The molecule has 0 aromatic heterocycles. The molecule has 2 unspecified atom stereocenters. The first-order valence-electron chi connectivity index (χ1n) is 6.09. The Morgan fingerprint density at radius 2 is 2.07 bits per heavy atom. The minimum absolute atomic E-state index is 0.384. The maximum Gasteiger partial charge on any atom is 0.0221 e. The normalized spacial score (nSPS) is 34.1. The fraction of sp³-hybridized carbons (Fsp3) is 1.00. The number of nitrogens with zero attached hydrogens (tertiary/aromatic N) is 1. The standard InChI is InChI=1S/C12H26N2/c1-5-9(2)10(3)14-8-6-7-12(13)11(14)4/h9-12H,5-8,13H2,1-4H3/t9?,10?,11-,12-/m1/s1. The third kappa shape index (κ3) is 2.48. The highest BCUT2D eigenvalue weighted by atomic mass is 15.2. The summed E-state index contributed by atoms with van der Waals surface area (Å²) < 4.78 is 0. The van der Waals surface area contributed by atoms with Gasteiger partial charge in [0.15, 0.2) is 0 Å². The van der Waals surface area contributed by atoms with E-state index in [1.807, 2.05) is 0 Å². The van der Waals surface area contributed by atoms with E-state index in [0.717, 1.165) is 5.92 Å². The van der Waals surface area contributed by atoms with Gasteiger partial charge in [0.05, 0.1) is 0 Å². The quantitative estimate of drug-likeness (QED) is 0.753. The van der Waals surface area contributed by atoms with Crippen LogP contribution in [0.4, 0.5) is 0 Å². The van der Waals surface area contributed by atoms with Crippen molar-refractivity contribution in [3.8, 4) is 0 Å². The highest BCUT2D eigenvalue weighted by Crippen LogP contribution is 2.23. The molecule has 0 aliphatic carbocycles. The predicted octanol–water partition coefficient (Wildman–Crippen LogP) is 2.23. The molecule has 0 aromatic rings. The van der Waals surface area contributed by atoms with E-state index >= 15 is 0 Å². The fourth-order valence-electron chi connectivity index (χ4n) is 2.44. The first-order valence-corrected chi connectivity index (χ1v) is 6.09. The van der Waals surface area contributed by atoms with Crippen LogP contribution in [-0.2, 0) is 0 Å². The Hall–Kier alpha value is -0.0800. The van der Waals surface area contributed by atoms with Crippen LogP contribution in [-0.4, -0.2) is 29.6 Å². The van der Waals surface area contributed by atoms with E-state index in [1.54, 1.807) is 0 Å². The van der Waals surface area contributed by atoms with E-state index in [9.17, 15) is 0 Å². The van der Waals surface area contributed by atoms with Crippen LogP contribution in [0.5, 0.6) is 0 Å². The summed E-state index contributed by atoms with van der Waals surface area (Å²) in [4.78, 5) is 2.60. The van der Waals surface area contributed by atoms with Crippen LogP contribution in [0.1, 0.15) is 47.0 Å². The number of piperidine rings is 1. The molecule has 1 aliphatic heterocycles. The van der Waals surface area contributed by atoms with Gasteiger partial charge in [0.2, 0.25) is 0 Å². The van der Waals surface area contributed by atoms with Crippen molar-refractivity contribution in [3.05, 3.63) is 0 Å². The molecular formula is C12H26N2. The number of nitrogens with two attached hydrogens (primary N) is 1. The summed E-state index contributed by atoms with van der Waals surface area (Å²) in [5, 5.41) is 0. The van der Waals surface area contributed by atoms with Crippen molar-refractivity contribution in [1.82, 2.24) is 4.90 Å². The summed E-state index contributed by atoms with van der Waals surface area (Å²) in [5.41, 5.74) is 6.11. The third-order valence-electron chi connectivity index (χ3n) is 4.09. The van der Waals surface area contributed by atoms with Crippen LogP contribution in [0.25, 0.3) is 0 Å². The molecule has 0 radical (unpaired) electrons. The highest BCUT2D eigenvalue weighted by molar-refractivity contribution is 4.87. The molecule has 0 bridgehead atoms. The first kappa shape index (κ1) is 12.0. The number of hydrogen-bond acceptors (Lipinski definition) is 2. The minimum atomic E-state index is 0.384. The molecule has 1 saturated heterocycles. The molecule has 1 aliphatic rings. The molecule has 0 saturated carbocycles. The smallest absolute Gasteiger partial charge is 0.0221 e. The molecule has 4 atom stereocenters. The van der Waals surface area contributed by atoms with Gasteiger partial charge in [-0.25, -0.2) is 0 Å². The maximum atomic E-state index is 6.11. The van der Waals surface area contributed by atoms with Gasteiger partial charge in [-0.3, -0.25) is 4.90 Å². The van der Waals surface area contributed by atoms with Gasteiger partial charge in [0.25, 0.3) is 0 Å². The number of likely N-dealkylation sites (tertiary alicyclic amines) is 1. The van der Waals surface area contributed by atoms with E-state index in [2.05, 4.69) is 32.6 Å². The highest BCUT2D eigenvalue weighted by Gasteiger charge is 2.30. The lowest BCUT2D eigenvalue weighted by atomic mass is 9.92. The van der Waals surface area contributed by atoms with Crippen molar-refractivity contribution in [3.63, 3.8) is 0 Å². The molecule has 84 valence electrons. The topological polar surface area (TPSA) is 29.3 Å². The van der Waals surface area contributed by atoms with Gasteiger partial charge in [0, 0.05) is 18.1 Å². The fourth-order valence-corrected chi connectivity index (χ4v) is 2.44. The Morgan fingerprint density at radius 3 is 2.64 bits per heavy atom. The zero-order valence-corrected chi connectivity index (χ0v) is 10.2. The van der Waals surface area contributed by atoms with Crippen LogP contribution in [0, 0.1) is 5.92 Å². The SMILES string of the molecule is CCC(C)C(C)N1CCC[C@@H](N)[C@H]1C. The average Bonchev–Trinajstić information content (AvgIpc) is 2.20. The Morgan fingerprint density at radius 1 is 1.43 bits per heavy atom. The molecule has 1 heterocycles. The van der Waals surface area contributed by atoms with Crippen LogP contribution in [0.15, 0.2) is 0 Å². The molecule has 0 spiro atoms. The van der Waals surface area contributed by atoms with Crippen LogP contribution in [0.2, 0.25) is 0 Å². The largest absolute Gasteiger partial charge is 0.326 e. The number of rotatable bonds is 3. The zero-order chi connectivity index (χ0) is 10.7. The molecule has 2 heteroatoms. The molecule has 1 fully saturated rings. The number of hydrogen-bond donors (Lipinski definition) is 1. The van der Waals surface area contributed by atoms with Crippen molar-refractivity contribution < 1.29 is 0 Å². The summed E-state index contributed by atoms with van der Waals surface area (Å²) in [7, 11) is 0. The van der Waals surface area contributed by atoms with Crippen LogP contribution >= 0.6 is 0 Å². The van der Waals surface area contributed by atoms with Crippen molar-refractivity contribution in [2.45, 2.75) is 65.1 Å². The van der Waals surface area contributed by atoms with Gasteiger partial charge in [-0.2, -0.15) is 0 Å². The Kier molecular flexibility index (Phi) is 4.39. The van der Waals surface area contributed by atoms with E-state index in [-0.39, 0.29) is 0 Å². The van der Waals surface area contributed by atoms with E-state index in [1.165, 1.54) is 25.8 Å². The molecule has 2 N–H and O–H groups in total. The molecule has 1 rings (SSSR count). The maximum absolute atomic E-state index is 6.11. The molecule has 14 heavy (non-hydrogen) atoms. The summed E-state index contributed by atoms with van der Waals surface area (Å²) >= 11 is 0. The lowest BCUT2D eigenvalue weighted by Crippen LogP contribution is -2.54. The molecule has 2 nitrogen and oxygen atoms in total. The lowest BCUT2D eigenvalue weighted by molar-refractivity contribution is 0.0701. The van der Waals surface area contributed by atoms with Crippen molar-refractivity contribution in [2.75, 3.05) is 6.54 Å². The third-order valence-corrected chi connectivity index (χ3v) is 4.09. The molecule has 0 aromatic carbocycles. The monoisotopic (exact) mass is 198 g/mol. The van der Waals surface area contributed by atoms with Gasteiger partial charge >= 0.3 is 0 Å². The predicted molar refractivity (Wildman–Crippen MR) is 62.3 cm³/mol. The van der Waals surface area contributed by atoms with E-state index in [0.29, 0.717) is 18.1 Å². The van der Waals surface area contributed by atoms with Gasteiger partial charge in [-0.1, -0.05) is 20.3 Å². The van der Waals surface area contributed by atoms with Crippen molar-refractivity contribution in [2.24, 2.45) is 11.7 Å². The van der Waals surface area contributed by atoms with Gasteiger partial charge in [0.1, 0.15) is 0 Å². The lowest BCUT2D eigenvalue weighted by Gasteiger charge is -2.43. The Balaban J connectivity index is 2.57. The Bertz CT molecular complexity index is 170. The average molecular weight is 198 g/mol. The molecule has 0 amide bonds. The summed E-state index contributed by atoms with van der Waals surface area (Å²) in [6.45, 7) is 10.5. The second-order valence-electron chi connectivity index (χ2n) is 4.91. The summed E-state index contributed by atoms with van der Waals surface area (Å²) in [6.07, 6.45) is 3.73. The van der Waals surface area contributed by atoms with Crippen LogP contribution < -0.4 is 5.73 Å². The van der Waals surface area contributed by atoms with Gasteiger partial charge in [-0.05, 0) is 39.2 Å². The second kappa shape index (κ2) is 5.13. The van der Waals surface area contributed by atoms with Crippen molar-refractivity contribution >= 4 is 0 Å². The van der Waals surface area contributed by atoms with Crippen LogP contribution in [0.3, 0.4) is 0 Å². The second-order valence-corrected chi connectivity index (χ2v) is 4.91. The zero-order valence-electron chi connectivity index (χ0n) is 10.2. The minimum Gasteiger partial charge on any atom is -0.326 e. The van der Waals surface area contributed by atoms with E-state index < -0.39 is 0 Å². The Labute approximate surface area is 88.8 Å². The van der Waals surface area contributed by atoms with E-state index in [4.69, 9.17) is 5.73 Å². The molecular weight excluding hydrogens is 172 g/mol. The first-order chi connectivity index (χ1) is 6.57.